The Balaban J connectivity index is 0.000000162. The van der Waals surface area contributed by atoms with E-state index in [1.165, 1.54) is 0 Å². The maximum Gasteiger partial charge on any atom is 0.332 e. The minimum atomic E-state index is -2.85. The van der Waals surface area contributed by atoms with Gasteiger partial charge in [-0.25, -0.2) is 10.5 Å². The van der Waals surface area contributed by atoms with E-state index in [-0.39, 0.29) is 0 Å². The Morgan fingerprint density at radius 1 is 1.50 bits per heavy atom. The molecule has 0 amide bonds. The molecular formula is C4H8NO4P. The highest BCUT2D eigenvalue weighted by Gasteiger charge is 1.75. The number of hydrogen-bond acceptors (Lipinski definition) is 4. The molecule has 0 aromatic carbocycles. The van der Waals surface area contributed by atoms with Crippen LogP contribution in [0.25, 0.3) is 0 Å². The fourth-order valence-corrected chi connectivity index (χ4v) is 0.227. The van der Waals surface area contributed by atoms with Crippen molar-refractivity contribution in [3.05, 3.63) is 24.7 Å². The molecule has 1 atom stereocenters. The van der Waals surface area contributed by atoms with Gasteiger partial charge in [-0.15, -0.1) is 0 Å². The van der Waals surface area contributed by atoms with Crippen LogP contribution in [0, 0.1) is 0 Å². The van der Waals surface area contributed by atoms with Gasteiger partial charge < -0.3 is 9.31 Å². The first-order valence-corrected chi connectivity index (χ1v) is 3.60. The van der Waals surface area contributed by atoms with E-state index < -0.39 is 8.25 Å². The van der Waals surface area contributed by atoms with Crippen LogP contribution in [0.5, 0.6) is 0 Å². The summed E-state index contributed by atoms with van der Waals surface area (Å²) < 4.78 is 17.1. The summed E-state index contributed by atoms with van der Waals surface area (Å²) in [6.45, 7) is 0. The second-order valence-electron chi connectivity index (χ2n) is 1.18. The molecule has 0 fully saturated rings. The third-order valence-corrected chi connectivity index (χ3v) is 0.728. The van der Waals surface area contributed by atoms with Crippen LogP contribution in [0.15, 0.2) is 29.1 Å². The van der Waals surface area contributed by atoms with Crippen molar-refractivity contribution in [3.63, 3.8) is 0 Å². The Morgan fingerprint density at radius 2 is 1.90 bits per heavy atom. The zero-order valence-corrected chi connectivity index (χ0v) is 6.06. The SMILES string of the molecule is NO[PH](=O)O.c1ccoc1. The van der Waals surface area contributed by atoms with Gasteiger partial charge in [-0.1, -0.05) is 0 Å². The van der Waals surface area contributed by atoms with Crippen LogP contribution in [0.1, 0.15) is 0 Å². The van der Waals surface area contributed by atoms with Crippen LogP contribution in [0.4, 0.5) is 0 Å². The van der Waals surface area contributed by atoms with Crippen LogP contribution in [0.3, 0.4) is 0 Å². The molecule has 0 aliphatic heterocycles. The molecule has 58 valence electrons. The maximum absolute atomic E-state index is 9.21. The van der Waals surface area contributed by atoms with E-state index in [0.29, 0.717) is 0 Å². The van der Waals surface area contributed by atoms with Gasteiger partial charge in [-0.3, -0.25) is 4.57 Å². The maximum atomic E-state index is 9.21. The molecule has 0 aliphatic rings. The highest BCUT2D eigenvalue weighted by Crippen LogP contribution is 2.07. The molecular weight excluding hydrogens is 157 g/mol. The van der Waals surface area contributed by atoms with Crippen molar-refractivity contribution < 1.29 is 18.5 Å². The largest absolute Gasteiger partial charge is 0.473 e. The molecule has 10 heavy (non-hydrogen) atoms. The Bertz CT molecular complexity index is 147. The van der Waals surface area contributed by atoms with Gasteiger partial charge in [-0.05, 0) is 12.1 Å². The van der Waals surface area contributed by atoms with Crippen molar-refractivity contribution in [2.75, 3.05) is 0 Å². The summed E-state index contributed by atoms with van der Waals surface area (Å²) in [5.74, 6) is 4.15. The molecule has 0 spiro atoms. The molecule has 0 radical (unpaired) electrons. The van der Waals surface area contributed by atoms with Crippen LogP contribution in [-0.4, -0.2) is 4.89 Å². The molecule has 1 unspecified atom stereocenters. The first kappa shape index (κ1) is 9.39. The summed E-state index contributed by atoms with van der Waals surface area (Å²) in [4.78, 5) is 7.56. The van der Waals surface area contributed by atoms with Crippen molar-refractivity contribution in [1.82, 2.24) is 0 Å². The molecule has 6 heteroatoms. The lowest BCUT2D eigenvalue weighted by molar-refractivity contribution is 0.292. The molecule has 0 saturated carbocycles. The quantitative estimate of drug-likeness (QED) is 0.468. The average molecular weight is 165 g/mol. The van der Waals surface area contributed by atoms with E-state index in [4.69, 9.17) is 4.89 Å². The van der Waals surface area contributed by atoms with E-state index >= 15 is 0 Å². The second-order valence-corrected chi connectivity index (χ2v) is 1.94. The summed E-state index contributed by atoms with van der Waals surface area (Å²) in [6, 6.07) is 3.67. The second kappa shape index (κ2) is 6.51. The monoisotopic (exact) mass is 165 g/mol. The Morgan fingerprint density at radius 3 is 2.00 bits per heavy atom. The van der Waals surface area contributed by atoms with Crippen molar-refractivity contribution in [2.24, 2.45) is 5.90 Å². The molecule has 1 rings (SSSR count). The van der Waals surface area contributed by atoms with Crippen molar-refractivity contribution in [1.29, 1.82) is 0 Å². The average Bonchev–Trinajstić information content (AvgIpc) is 2.43. The van der Waals surface area contributed by atoms with E-state index in [2.05, 4.69) is 14.9 Å². The van der Waals surface area contributed by atoms with Gasteiger partial charge in [0.25, 0.3) is 0 Å². The fraction of sp³-hybridized carbons (Fsp3) is 0. The van der Waals surface area contributed by atoms with Gasteiger partial charge in [0.1, 0.15) is 0 Å². The molecule has 5 nitrogen and oxygen atoms in total. The molecule has 1 heterocycles. The number of furan rings is 1. The lowest BCUT2D eigenvalue weighted by Gasteiger charge is -1.78. The van der Waals surface area contributed by atoms with E-state index in [9.17, 15) is 4.57 Å². The Labute approximate surface area is 58.3 Å². The van der Waals surface area contributed by atoms with Gasteiger partial charge in [0.15, 0.2) is 0 Å². The van der Waals surface area contributed by atoms with Crippen LogP contribution < -0.4 is 5.90 Å². The topological polar surface area (TPSA) is 85.7 Å². The van der Waals surface area contributed by atoms with Crippen LogP contribution in [0.2, 0.25) is 0 Å². The predicted molar refractivity (Wildman–Crippen MR) is 35.2 cm³/mol. The summed E-state index contributed by atoms with van der Waals surface area (Å²) in [7, 11) is -2.85. The summed E-state index contributed by atoms with van der Waals surface area (Å²) in [6.07, 6.45) is 3.25. The first-order chi connectivity index (χ1) is 4.77. The molecule has 0 saturated heterocycles. The van der Waals surface area contributed by atoms with Gasteiger partial charge in [0, 0.05) is 0 Å². The van der Waals surface area contributed by atoms with E-state index in [0.717, 1.165) is 0 Å². The van der Waals surface area contributed by atoms with Crippen molar-refractivity contribution in [2.45, 2.75) is 0 Å². The highest BCUT2D eigenvalue weighted by atomic mass is 31.1. The molecule has 0 aliphatic carbocycles. The first-order valence-electron chi connectivity index (χ1n) is 2.34. The van der Waals surface area contributed by atoms with Crippen molar-refractivity contribution >= 4 is 8.25 Å². The zero-order valence-electron chi connectivity index (χ0n) is 5.06. The minimum absolute atomic E-state index is 1.62. The van der Waals surface area contributed by atoms with Crippen LogP contribution in [-0.2, 0) is 9.19 Å². The fourth-order valence-electron chi connectivity index (χ4n) is 0.227. The smallest absolute Gasteiger partial charge is 0.332 e. The Hall–Kier alpha value is -0.610. The molecule has 3 N–H and O–H groups in total. The minimum Gasteiger partial charge on any atom is -0.473 e. The lowest BCUT2D eigenvalue weighted by Crippen LogP contribution is -1.84. The summed E-state index contributed by atoms with van der Waals surface area (Å²) in [5.41, 5.74) is 0. The van der Waals surface area contributed by atoms with Crippen molar-refractivity contribution in [3.8, 4) is 0 Å². The third-order valence-electron chi connectivity index (χ3n) is 0.526. The van der Waals surface area contributed by atoms with Gasteiger partial charge in [0.05, 0.1) is 12.5 Å². The molecule has 1 aromatic heterocycles. The van der Waals surface area contributed by atoms with Gasteiger partial charge in [0.2, 0.25) is 0 Å². The number of rotatable bonds is 1. The van der Waals surface area contributed by atoms with Crippen LogP contribution >= 0.6 is 8.25 Å². The van der Waals surface area contributed by atoms with Gasteiger partial charge >= 0.3 is 8.25 Å². The summed E-state index contributed by atoms with van der Waals surface area (Å²) in [5, 5.41) is 0. The van der Waals surface area contributed by atoms with E-state index in [1.807, 2.05) is 12.1 Å². The third kappa shape index (κ3) is 7.39. The Kier molecular flexibility index (Phi) is 6.11. The van der Waals surface area contributed by atoms with Gasteiger partial charge in [-0.2, -0.15) is 0 Å². The molecule has 0 bridgehead atoms. The summed E-state index contributed by atoms with van der Waals surface area (Å²) >= 11 is 0. The van der Waals surface area contributed by atoms with E-state index in [1.54, 1.807) is 12.5 Å². The number of hydrogen-bond donors (Lipinski definition) is 2. The standard InChI is InChI=1S/C4H4O.H4NO3P/c1-2-4-5-3-1;1-4-5(2)3/h1-4H;5H,1H2,(H,2,3). The highest BCUT2D eigenvalue weighted by molar-refractivity contribution is 7.32. The normalized spacial score (nSPS) is 11.4. The predicted octanol–water partition coefficient (Wildman–Crippen LogP) is 0.538. The molecule has 1 aromatic rings. The number of nitrogens with two attached hydrogens (primary N) is 1. The lowest BCUT2D eigenvalue weighted by atomic mass is 10.7. The zero-order chi connectivity index (χ0) is 7.82.